The number of fused-ring (bicyclic) bond motifs is 1. The molecule has 3 aromatic rings. The van der Waals surface area contributed by atoms with Crippen molar-refractivity contribution in [2.45, 2.75) is 32.9 Å². The quantitative estimate of drug-likeness (QED) is 0.779. The van der Waals surface area contributed by atoms with Crippen molar-refractivity contribution in [3.8, 4) is 0 Å². The van der Waals surface area contributed by atoms with Gasteiger partial charge < -0.3 is 9.73 Å². The van der Waals surface area contributed by atoms with E-state index in [9.17, 15) is 9.59 Å². The molecule has 0 fully saturated rings. The van der Waals surface area contributed by atoms with Gasteiger partial charge in [-0.3, -0.25) is 9.36 Å². The Bertz CT molecular complexity index is 891. The Morgan fingerprint density at radius 1 is 1.39 bits per heavy atom. The molecule has 0 aliphatic carbocycles. The monoisotopic (exact) mass is 331 g/mol. The third kappa shape index (κ3) is 3.34. The van der Waals surface area contributed by atoms with Gasteiger partial charge in [-0.05, 0) is 12.1 Å². The smallest absolute Gasteiger partial charge is 0.408 e. The van der Waals surface area contributed by atoms with E-state index in [-0.39, 0.29) is 12.5 Å². The van der Waals surface area contributed by atoms with E-state index in [1.54, 1.807) is 35.6 Å². The zero-order valence-corrected chi connectivity index (χ0v) is 13.7. The normalized spacial score (nSPS) is 11.3. The number of carbonyl (C=O) groups excluding carboxylic acids is 1. The number of carbonyl (C=O) groups is 1. The Kier molecular flexibility index (Phi) is 4.29. The van der Waals surface area contributed by atoms with Crippen LogP contribution in [0.4, 0.5) is 0 Å². The Labute approximate surface area is 136 Å². The zero-order valence-electron chi connectivity index (χ0n) is 12.9. The van der Waals surface area contributed by atoms with Crippen molar-refractivity contribution in [3.05, 3.63) is 50.9 Å². The molecular weight excluding hydrogens is 314 g/mol. The van der Waals surface area contributed by atoms with Gasteiger partial charge in [0.25, 0.3) is 0 Å². The summed E-state index contributed by atoms with van der Waals surface area (Å²) in [7, 11) is 0. The largest absolute Gasteiger partial charge is 0.420 e. The van der Waals surface area contributed by atoms with Crippen LogP contribution in [-0.4, -0.2) is 15.5 Å². The SMILES string of the molecule is CC(C)c1nc(CNC(=O)Cn2c(=O)oc3ccccc32)cs1. The number of rotatable bonds is 5. The molecule has 0 saturated carbocycles. The van der Waals surface area contributed by atoms with Gasteiger partial charge in [0, 0.05) is 11.3 Å². The highest BCUT2D eigenvalue weighted by Crippen LogP contribution is 2.19. The summed E-state index contributed by atoms with van der Waals surface area (Å²) in [6.07, 6.45) is 0. The van der Waals surface area contributed by atoms with Crippen LogP contribution in [-0.2, 0) is 17.9 Å². The zero-order chi connectivity index (χ0) is 16.4. The summed E-state index contributed by atoms with van der Waals surface area (Å²) in [5.74, 6) is -0.407. The summed E-state index contributed by atoms with van der Waals surface area (Å²) < 4.78 is 6.43. The molecule has 6 nitrogen and oxygen atoms in total. The van der Waals surface area contributed by atoms with E-state index in [2.05, 4.69) is 24.1 Å². The van der Waals surface area contributed by atoms with Crippen molar-refractivity contribution >= 4 is 28.3 Å². The minimum Gasteiger partial charge on any atom is -0.408 e. The first kappa shape index (κ1) is 15.5. The summed E-state index contributed by atoms with van der Waals surface area (Å²) >= 11 is 1.59. The Morgan fingerprint density at radius 2 is 2.17 bits per heavy atom. The van der Waals surface area contributed by atoms with Gasteiger partial charge >= 0.3 is 5.76 Å². The van der Waals surface area contributed by atoms with Crippen molar-refractivity contribution < 1.29 is 9.21 Å². The van der Waals surface area contributed by atoms with Crippen LogP contribution in [0.5, 0.6) is 0 Å². The summed E-state index contributed by atoms with van der Waals surface area (Å²) in [6.45, 7) is 4.44. The number of hydrogen-bond acceptors (Lipinski definition) is 5. The van der Waals surface area contributed by atoms with Gasteiger partial charge in [-0.25, -0.2) is 9.78 Å². The van der Waals surface area contributed by atoms with Crippen molar-refractivity contribution in [2.75, 3.05) is 0 Å². The number of nitrogens with one attached hydrogen (secondary N) is 1. The molecule has 7 heteroatoms. The van der Waals surface area contributed by atoms with Crippen LogP contribution in [0.1, 0.15) is 30.5 Å². The summed E-state index contributed by atoms with van der Waals surface area (Å²) in [4.78, 5) is 28.4. The summed E-state index contributed by atoms with van der Waals surface area (Å²) in [6, 6.07) is 7.04. The van der Waals surface area contributed by atoms with E-state index in [1.807, 2.05) is 5.38 Å². The number of hydrogen-bond donors (Lipinski definition) is 1. The molecule has 0 unspecified atom stereocenters. The molecule has 23 heavy (non-hydrogen) atoms. The number of benzene rings is 1. The van der Waals surface area contributed by atoms with E-state index in [0.29, 0.717) is 23.6 Å². The van der Waals surface area contributed by atoms with Crippen molar-refractivity contribution in [3.63, 3.8) is 0 Å². The van der Waals surface area contributed by atoms with Gasteiger partial charge in [-0.1, -0.05) is 26.0 Å². The fourth-order valence-electron chi connectivity index (χ4n) is 2.22. The summed E-state index contributed by atoms with van der Waals surface area (Å²) in [5.41, 5.74) is 1.92. The Hall–Kier alpha value is -2.41. The second kappa shape index (κ2) is 6.37. The van der Waals surface area contributed by atoms with Gasteiger partial charge in [0.05, 0.1) is 22.8 Å². The third-order valence-electron chi connectivity index (χ3n) is 3.41. The number of oxazole rings is 1. The first-order valence-electron chi connectivity index (χ1n) is 7.34. The summed E-state index contributed by atoms with van der Waals surface area (Å²) in [5, 5.41) is 5.77. The molecule has 1 aromatic carbocycles. The van der Waals surface area contributed by atoms with E-state index < -0.39 is 5.76 Å². The molecular formula is C16H17N3O3S. The van der Waals surface area contributed by atoms with Crippen LogP contribution in [0.3, 0.4) is 0 Å². The molecule has 3 rings (SSSR count). The van der Waals surface area contributed by atoms with Crippen molar-refractivity contribution in [2.24, 2.45) is 0 Å². The van der Waals surface area contributed by atoms with Crippen LogP contribution in [0.2, 0.25) is 0 Å². The number of amides is 1. The average Bonchev–Trinajstić information content (AvgIpc) is 3.11. The molecule has 0 bridgehead atoms. The maximum Gasteiger partial charge on any atom is 0.420 e. The fraction of sp³-hybridized carbons (Fsp3) is 0.312. The number of thiazole rings is 1. The lowest BCUT2D eigenvalue weighted by Gasteiger charge is -2.04. The molecule has 0 atom stereocenters. The number of nitrogens with zero attached hydrogens (tertiary/aromatic N) is 2. The lowest BCUT2D eigenvalue weighted by Crippen LogP contribution is -2.30. The highest BCUT2D eigenvalue weighted by molar-refractivity contribution is 7.09. The first-order valence-corrected chi connectivity index (χ1v) is 8.22. The predicted octanol–water partition coefficient (Wildman–Crippen LogP) is 2.49. The second-order valence-electron chi connectivity index (χ2n) is 5.53. The van der Waals surface area contributed by atoms with Crippen LogP contribution < -0.4 is 11.1 Å². The van der Waals surface area contributed by atoms with Gasteiger partial charge in [-0.2, -0.15) is 0 Å². The third-order valence-corrected chi connectivity index (χ3v) is 4.60. The lowest BCUT2D eigenvalue weighted by molar-refractivity contribution is -0.121. The molecule has 1 N–H and O–H groups in total. The Morgan fingerprint density at radius 3 is 2.91 bits per heavy atom. The van der Waals surface area contributed by atoms with Gasteiger partial charge in [0.2, 0.25) is 5.91 Å². The highest BCUT2D eigenvalue weighted by atomic mass is 32.1. The van der Waals surface area contributed by atoms with E-state index in [4.69, 9.17) is 4.42 Å². The second-order valence-corrected chi connectivity index (χ2v) is 6.42. The molecule has 0 spiro atoms. The molecule has 0 saturated heterocycles. The van der Waals surface area contributed by atoms with Gasteiger partial charge in [0.15, 0.2) is 5.58 Å². The number of aromatic nitrogens is 2. The maximum atomic E-state index is 12.1. The molecule has 1 amide bonds. The van der Waals surface area contributed by atoms with Crippen LogP contribution >= 0.6 is 11.3 Å². The molecule has 2 heterocycles. The maximum absolute atomic E-state index is 12.1. The van der Waals surface area contributed by atoms with Crippen LogP contribution in [0.15, 0.2) is 38.9 Å². The minimum atomic E-state index is -0.530. The standard InChI is InChI=1S/C16H17N3O3S/c1-10(2)15-18-11(9-23-15)7-17-14(20)8-19-12-5-3-4-6-13(12)22-16(19)21/h3-6,9-10H,7-8H2,1-2H3,(H,17,20). The van der Waals surface area contributed by atoms with Gasteiger partial charge in [0.1, 0.15) is 6.54 Å². The molecule has 120 valence electrons. The number of para-hydroxylation sites is 2. The van der Waals surface area contributed by atoms with E-state index >= 15 is 0 Å². The Balaban J connectivity index is 1.66. The van der Waals surface area contributed by atoms with E-state index in [1.165, 1.54) is 4.57 Å². The van der Waals surface area contributed by atoms with Crippen molar-refractivity contribution in [1.82, 2.24) is 14.9 Å². The van der Waals surface area contributed by atoms with E-state index in [0.717, 1.165) is 10.7 Å². The minimum absolute atomic E-state index is 0.0724. The molecule has 2 aromatic heterocycles. The predicted molar refractivity (Wildman–Crippen MR) is 88.5 cm³/mol. The molecule has 0 radical (unpaired) electrons. The average molecular weight is 331 g/mol. The van der Waals surface area contributed by atoms with Crippen LogP contribution in [0.25, 0.3) is 11.1 Å². The van der Waals surface area contributed by atoms with Gasteiger partial charge in [-0.15, -0.1) is 11.3 Å². The fourth-order valence-corrected chi connectivity index (χ4v) is 3.06. The van der Waals surface area contributed by atoms with Crippen molar-refractivity contribution in [1.29, 1.82) is 0 Å². The lowest BCUT2D eigenvalue weighted by atomic mass is 10.2. The van der Waals surface area contributed by atoms with Crippen LogP contribution in [0, 0.1) is 0 Å². The highest BCUT2D eigenvalue weighted by Gasteiger charge is 2.12. The first-order chi connectivity index (χ1) is 11.0. The topological polar surface area (TPSA) is 77.1 Å². The molecule has 0 aliphatic rings. The molecule has 0 aliphatic heterocycles.